The van der Waals surface area contributed by atoms with Crippen LogP contribution in [0.2, 0.25) is 0 Å². The number of anilines is 1. The molecule has 2 heterocycles. The molecule has 0 atom stereocenters. The SMILES string of the molecule is COc1ccc(/C=C/C(=O)Nc2nc3c(s2)CN(C(=O)c2ccccc2)CC3)c(OC)c1. The van der Waals surface area contributed by atoms with Crippen molar-refractivity contribution in [3.05, 3.63) is 76.3 Å². The molecule has 0 bridgehead atoms. The Hall–Kier alpha value is -3.65. The quantitative estimate of drug-likeness (QED) is 0.575. The van der Waals surface area contributed by atoms with Gasteiger partial charge in [-0.2, -0.15) is 0 Å². The van der Waals surface area contributed by atoms with E-state index in [1.807, 2.05) is 41.3 Å². The maximum absolute atomic E-state index is 12.7. The summed E-state index contributed by atoms with van der Waals surface area (Å²) in [4.78, 5) is 32.5. The Morgan fingerprint density at radius 1 is 1.12 bits per heavy atom. The third-order valence-electron chi connectivity index (χ3n) is 5.12. The number of nitrogens with one attached hydrogen (secondary N) is 1. The molecule has 7 nitrogen and oxygen atoms in total. The first kappa shape index (κ1) is 21.6. The molecule has 4 rings (SSSR count). The zero-order valence-corrected chi connectivity index (χ0v) is 18.6. The van der Waals surface area contributed by atoms with Gasteiger partial charge in [0, 0.05) is 41.1 Å². The van der Waals surface area contributed by atoms with Crippen molar-refractivity contribution in [2.75, 3.05) is 26.1 Å². The number of nitrogens with zero attached hydrogens (tertiary/aromatic N) is 2. The lowest BCUT2D eigenvalue weighted by Gasteiger charge is -2.26. The van der Waals surface area contributed by atoms with Crippen LogP contribution in [0.25, 0.3) is 6.08 Å². The van der Waals surface area contributed by atoms with Gasteiger partial charge in [-0.05, 0) is 30.3 Å². The van der Waals surface area contributed by atoms with Gasteiger partial charge in [-0.1, -0.05) is 29.5 Å². The van der Waals surface area contributed by atoms with Gasteiger partial charge in [-0.3, -0.25) is 14.9 Å². The highest BCUT2D eigenvalue weighted by molar-refractivity contribution is 7.15. The minimum atomic E-state index is -0.286. The van der Waals surface area contributed by atoms with Crippen molar-refractivity contribution in [2.45, 2.75) is 13.0 Å². The Morgan fingerprint density at radius 3 is 2.69 bits per heavy atom. The summed E-state index contributed by atoms with van der Waals surface area (Å²) in [7, 11) is 3.15. The first-order valence-corrected chi connectivity index (χ1v) is 10.9. The van der Waals surface area contributed by atoms with E-state index in [9.17, 15) is 9.59 Å². The highest BCUT2D eigenvalue weighted by Gasteiger charge is 2.25. The van der Waals surface area contributed by atoms with Crippen LogP contribution in [-0.2, 0) is 17.8 Å². The van der Waals surface area contributed by atoms with Crippen LogP contribution in [0, 0.1) is 0 Å². The average Bonchev–Trinajstić information content (AvgIpc) is 3.24. The molecular weight excluding hydrogens is 426 g/mol. The minimum absolute atomic E-state index is 0.00612. The number of thiazole rings is 1. The van der Waals surface area contributed by atoms with E-state index in [0.717, 1.165) is 16.1 Å². The number of hydrogen-bond acceptors (Lipinski definition) is 6. The summed E-state index contributed by atoms with van der Waals surface area (Å²) in [5, 5.41) is 3.35. The van der Waals surface area contributed by atoms with Crippen molar-refractivity contribution >= 4 is 34.4 Å². The molecule has 0 saturated carbocycles. The van der Waals surface area contributed by atoms with E-state index >= 15 is 0 Å². The van der Waals surface area contributed by atoms with Crippen LogP contribution in [0.4, 0.5) is 5.13 Å². The fourth-order valence-electron chi connectivity index (χ4n) is 3.45. The molecule has 0 fully saturated rings. The fraction of sp³-hybridized carbons (Fsp3) is 0.208. The summed E-state index contributed by atoms with van der Waals surface area (Å²) >= 11 is 1.40. The maximum atomic E-state index is 12.7. The first-order valence-electron chi connectivity index (χ1n) is 10.1. The summed E-state index contributed by atoms with van der Waals surface area (Å²) in [5.74, 6) is 1.01. The van der Waals surface area contributed by atoms with Crippen molar-refractivity contribution in [1.82, 2.24) is 9.88 Å². The van der Waals surface area contributed by atoms with Crippen molar-refractivity contribution in [1.29, 1.82) is 0 Å². The first-order chi connectivity index (χ1) is 15.6. The number of rotatable bonds is 6. The molecule has 1 aliphatic rings. The van der Waals surface area contributed by atoms with Gasteiger partial charge in [0.15, 0.2) is 5.13 Å². The largest absolute Gasteiger partial charge is 0.497 e. The number of ether oxygens (including phenoxy) is 2. The monoisotopic (exact) mass is 449 g/mol. The number of amides is 2. The number of methoxy groups -OCH3 is 2. The molecule has 1 aliphatic heterocycles. The number of aromatic nitrogens is 1. The number of carbonyl (C=O) groups is 2. The molecule has 0 saturated heterocycles. The highest BCUT2D eigenvalue weighted by atomic mass is 32.1. The Morgan fingerprint density at radius 2 is 1.94 bits per heavy atom. The summed E-state index contributed by atoms with van der Waals surface area (Å²) in [6, 6.07) is 14.6. The third kappa shape index (κ3) is 4.81. The van der Waals surface area contributed by atoms with Gasteiger partial charge in [0.1, 0.15) is 11.5 Å². The average molecular weight is 450 g/mol. The predicted molar refractivity (Wildman–Crippen MR) is 124 cm³/mol. The van der Waals surface area contributed by atoms with Gasteiger partial charge in [0.2, 0.25) is 5.91 Å². The standard InChI is InChI=1S/C24H23N3O4S/c1-30-18-10-8-16(20(14-18)31-2)9-11-22(28)26-24-25-19-12-13-27(15-21(19)32-24)23(29)17-6-4-3-5-7-17/h3-11,14H,12-13,15H2,1-2H3,(H,25,26,28)/b11-9+. The van der Waals surface area contributed by atoms with Crippen LogP contribution in [0.3, 0.4) is 0 Å². The molecule has 0 spiro atoms. The molecule has 2 amide bonds. The molecule has 8 heteroatoms. The fourth-order valence-corrected chi connectivity index (χ4v) is 4.48. The number of benzene rings is 2. The number of carbonyl (C=O) groups excluding carboxylic acids is 2. The van der Waals surface area contributed by atoms with Gasteiger partial charge in [0.25, 0.3) is 5.91 Å². The van der Waals surface area contributed by atoms with Crippen LogP contribution in [0.15, 0.2) is 54.6 Å². The van der Waals surface area contributed by atoms with Gasteiger partial charge in [-0.25, -0.2) is 4.98 Å². The van der Waals surface area contributed by atoms with E-state index < -0.39 is 0 Å². The maximum Gasteiger partial charge on any atom is 0.254 e. The van der Waals surface area contributed by atoms with Crippen molar-refractivity contribution in [3.63, 3.8) is 0 Å². The minimum Gasteiger partial charge on any atom is -0.497 e. The highest BCUT2D eigenvalue weighted by Crippen LogP contribution is 2.29. The molecule has 2 aromatic carbocycles. The van der Waals surface area contributed by atoms with E-state index in [4.69, 9.17) is 9.47 Å². The summed E-state index contributed by atoms with van der Waals surface area (Å²) in [5.41, 5.74) is 2.37. The lowest BCUT2D eigenvalue weighted by molar-refractivity contribution is -0.111. The second-order valence-electron chi connectivity index (χ2n) is 7.16. The normalized spacial score (nSPS) is 13.0. The molecule has 0 aliphatic carbocycles. The third-order valence-corrected chi connectivity index (χ3v) is 6.12. The van der Waals surface area contributed by atoms with Crippen molar-refractivity contribution in [2.24, 2.45) is 0 Å². The topological polar surface area (TPSA) is 80.8 Å². The molecule has 1 aromatic heterocycles. The summed E-state index contributed by atoms with van der Waals surface area (Å²) in [6.07, 6.45) is 3.79. The number of fused-ring (bicyclic) bond motifs is 1. The zero-order chi connectivity index (χ0) is 22.5. The summed E-state index contributed by atoms with van der Waals surface area (Å²) in [6.45, 7) is 1.10. The van der Waals surface area contributed by atoms with Crippen LogP contribution in [0.5, 0.6) is 11.5 Å². The van der Waals surface area contributed by atoms with E-state index in [1.165, 1.54) is 17.4 Å². The molecule has 0 unspecified atom stereocenters. The van der Waals surface area contributed by atoms with Crippen LogP contribution in [-0.4, -0.2) is 42.5 Å². The van der Waals surface area contributed by atoms with E-state index in [-0.39, 0.29) is 11.8 Å². The predicted octanol–water partition coefficient (Wildman–Crippen LogP) is 4.01. The molecular formula is C24H23N3O4S. The smallest absolute Gasteiger partial charge is 0.254 e. The van der Waals surface area contributed by atoms with Gasteiger partial charge < -0.3 is 14.4 Å². The molecule has 1 N–H and O–H groups in total. The van der Waals surface area contributed by atoms with E-state index in [0.29, 0.717) is 41.7 Å². The van der Waals surface area contributed by atoms with Crippen molar-refractivity contribution < 1.29 is 19.1 Å². The Balaban J connectivity index is 1.41. The Bertz CT molecular complexity index is 1160. The molecule has 32 heavy (non-hydrogen) atoms. The van der Waals surface area contributed by atoms with Crippen molar-refractivity contribution in [3.8, 4) is 11.5 Å². The second-order valence-corrected chi connectivity index (χ2v) is 8.25. The van der Waals surface area contributed by atoms with Gasteiger partial charge in [-0.15, -0.1) is 0 Å². The van der Waals surface area contributed by atoms with E-state index in [2.05, 4.69) is 10.3 Å². The zero-order valence-electron chi connectivity index (χ0n) is 17.8. The summed E-state index contributed by atoms with van der Waals surface area (Å²) < 4.78 is 10.5. The molecule has 3 aromatic rings. The molecule has 164 valence electrons. The van der Waals surface area contributed by atoms with Crippen LogP contribution in [0.1, 0.15) is 26.5 Å². The van der Waals surface area contributed by atoms with Crippen LogP contribution < -0.4 is 14.8 Å². The molecule has 0 radical (unpaired) electrons. The Labute approximate surface area is 190 Å². The second kappa shape index (κ2) is 9.65. The Kier molecular flexibility index (Phi) is 6.51. The number of hydrogen-bond donors (Lipinski definition) is 1. The van der Waals surface area contributed by atoms with Gasteiger partial charge >= 0.3 is 0 Å². The lowest BCUT2D eigenvalue weighted by Crippen LogP contribution is -2.35. The van der Waals surface area contributed by atoms with Crippen LogP contribution >= 0.6 is 11.3 Å². The van der Waals surface area contributed by atoms with Gasteiger partial charge in [0.05, 0.1) is 26.5 Å². The lowest BCUT2D eigenvalue weighted by atomic mass is 10.1. The van der Waals surface area contributed by atoms with E-state index in [1.54, 1.807) is 32.4 Å².